The van der Waals surface area contributed by atoms with Gasteiger partial charge in [0.1, 0.15) is 0 Å². The number of anilines is 1. The summed E-state index contributed by atoms with van der Waals surface area (Å²) in [6.07, 6.45) is 6.07. The molecule has 1 aromatic heterocycles. The van der Waals surface area contributed by atoms with E-state index in [-0.39, 0.29) is 0 Å². The molecule has 0 bridgehead atoms. The fourth-order valence-electron chi connectivity index (χ4n) is 2.27. The summed E-state index contributed by atoms with van der Waals surface area (Å²) in [5.41, 5.74) is 2.28. The summed E-state index contributed by atoms with van der Waals surface area (Å²) in [6.45, 7) is 7.53. The van der Waals surface area contributed by atoms with Gasteiger partial charge in [-0.2, -0.15) is 4.39 Å². The molecule has 1 fully saturated rings. The van der Waals surface area contributed by atoms with E-state index < -0.39 is 5.95 Å². The molecule has 0 aromatic carbocycles. The lowest BCUT2D eigenvalue weighted by Crippen LogP contribution is -2.39. The Morgan fingerprint density at radius 2 is 2.16 bits per heavy atom. The lowest BCUT2D eigenvalue weighted by molar-refractivity contribution is 0.240. The third-order valence-corrected chi connectivity index (χ3v) is 3.44. The molecule has 1 aromatic rings. The van der Waals surface area contributed by atoms with E-state index >= 15 is 0 Å². The van der Waals surface area contributed by atoms with Gasteiger partial charge in [0.05, 0.1) is 11.9 Å². The number of hydrogen-bond donors (Lipinski definition) is 1. The van der Waals surface area contributed by atoms with Crippen LogP contribution in [0.15, 0.2) is 30.0 Å². The average Bonchev–Trinajstić information content (AvgIpc) is 2.40. The SMILES string of the molecule is CC(C)=CCN1CCC(Nc2ccc(F)nc2)CC1. The molecule has 2 heterocycles. The summed E-state index contributed by atoms with van der Waals surface area (Å²) >= 11 is 0. The molecule has 1 aliphatic heterocycles. The van der Waals surface area contributed by atoms with Crippen LogP contribution in [0.2, 0.25) is 0 Å². The number of halogens is 1. The minimum atomic E-state index is -0.429. The molecule has 3 nitrogen and oxygen atoms in total. The number of likely N-dealkylation sites (tertiary alicyclic amines) is 1. The van der Waals surface area contributed by atoms with Crippen molar-refractivity contribution in [2.45, 2.75) is 32.7 Å². The zero-order valence-electron chi connectivity index (χ0n) is 11.7. The Morgan fingerprint density at radius 1 is 1.42 bits per heavy atom. The first-order valence-corrected chi connectivity index (χ1v) is 6.87. The fraction of sp³-hybridized carbons (Fsp3) is 0.533. The molecule has 1 aliphatic rings. The molecule has 4 heteroatoms. The van der Waals surface area contributed by atoms with E-state index in [4.69, 9.17) is 0 Å². The van der Waals surface area contributed by atoms with Gasteiger partial charge < -0.3 is 5.32 Å². The van der Waals surface area contributed by atoms with Crippen molar-refractivity contribution in [3.63, 3.8) is 0 Å². The lowest BCUT2D eigenvalue weighted by Gasteiger charge is -2.32. The summed E-state index contributed by atoms with van der Waals surface area (Å²) in [7, 11) is 0. The van der Waals surface area contributed by atoms with Crippen molar-refractivity contribution in [1.82, 2.24) is 9.88 Å². The molecule has 104 valence electrons. The fourth-order valence-corrected chi connectivity index (χ4v) is 2.27. The number of nitrogens with zero attached hydrogens (tertiary/aromatic N) is 2. The topological polar surface area (TPSA) is 28.2 Å². The highest BCUT2D eigenvalue weighted by molar-refractivity contribution is 5.41. The van der Waals surface area contributed by atoms with Crippen LogP contribution in [0, 0.1) is 5.95 Å². The quantitative estimate of drug-likeness (QED) is 0.668. The van der Waals surface area contributed by atoms with Gasteiger partial charge in [0.15, 0.2) is 0 Å². The smallest absolute Gasteiger partial charge is 0.212 e. The molecule has 0 atom stereocenters. The maximum atomic E-state index is 12.7. The Balaban J connectivity index is 1.77. The summed E-state index contributed by atoms with van der Waals surface area (Å²) in [4.78, 5) is 6.13. The normalized spacial score (nSPS) is 17.2. The Kier molecular flexibility index (Phi) is 4.91. The Hall–Kier alpha value is -1.42. The molecule has 0 unspecified atom stereocenters. The molecule has 2 rings (SSSR count). The summed E-state index contributed by atoms with van der Waals surface area (Å²) in [5, 5.41) is 3.42. The van der Waals surface area contributed by atoms with Crippen LogP contribution in [-0.4, -0.2) is 35.6 Å². The number of pyridine rings is 1. The minimum absolute atomic E-state index is 0.429. The maximum absolute atomic E-state index is 12.7. The van der Waals surface area contributed by atoms with Gasteiger partial charge >= 0.3 is 0 Å². The highest BCUT2D eigenvalue weighted by Gasteiger charge is 2.18. The van der Waals surface area contributed by atoms with Crippen molar-refractivity contribution in [1.29, 1.82) is 0 Å². The van der Waals surface area contributed by atoms with Crippen LogP contribution < -0.4 is 5.32 Å². The van der Waals surface area contributed by atoms with Crippen molar-refractivity contribution in [2.24, 2.45) is 0 Å². The number of rotatable bonds is 4. The molecule has 19 heavy (non-hydrogen) atoms. The van der Waals surface area contributed by atoms with E-state index in [1.165, 1.54) is 11.6 Å². The lowest BCUT2D eigenvalue weighted by atomic mass is 10.0. The van der Waals surface area contributed by atoms with Gasteiger partial charge in [0.2, 0.25) is 5.95 Å². The largest absolute Gasteiger partial charge is 0.381 e. The monoisotopic (exact) mass is 263 g/mol. The number of nitrogens with one attached hydrogen (secondary N) is 1. The van der Waals surface area contributed by atoms with Crippen LogP contribution in [0.1, 0.15) is 26.7 Å². The molecule has 0 spiro atoms. The third-order valence-electron chi connectivity index (χ3n) is 3.44. The second-order valence-corrected chi connectivity index (χ2v) is 5.37. The van der Waals surface area contributed by atoms with Gasteiger partial charge in [-0.15, -0.1) is 0 Å². The Labute approximate surface area is 114 Å². The summed E-state index contributed by atoms with van der Waals surface area (Å²) < 4.78 is 12.7. The molecule has 1 N–H and O–H groups in total. The second kappa shape index (κ2) is 6.66. The van der Waals surface area contributed by atoms with Crippen LogP contribution in [0.25, 0.3) is 0 Å². The predicted octanol–water partition coefficient (Wildman–Crippen LogP) is 3.06. The Morgan fingerprint density at radius 3 is 2.74 bits per heavy atom. The zero-order valence-corrected chi connectivity index (χ0v) is 11.7. The van der Waals surface area contributed by atoms with Crippen molar-refractivity contribution in [2.75, 3.05) is 25.0 Å². The van der Waals surface area contributed by atoms with Crippen LogP contribution in [0.4, 0.5) is 10.1 Å². The zero-order chi connectivity index (χ0) is 13.7. The molecule has 0 aliphatic carbocycles. The third kappa shape index (κ3) is 4.63. The molecule has 0 radical (unpaired) electrons. The minimum Gasteiger partial charge on any atom is -0.381 e. The van der Waals surface area contributed by atoms with E-state index in [1.54, 1.807) is 12.3 Å². The number of hydrogen-bond acceptors (Lipinski definition) is 3. The first kappa shape index (κ1) is 14.0. The van der Waals surface area contributed by atoms with Crippen LogP contribution in [0.3, 0.4) is 0 Å². The van der Waals surface area contributed by atoms with Crippen LogP contribution >= 0.6 is 0 Å². The highest BCUT2D eigenvalue weighted by atomic mass is 19.1. The second-order valence-electron chi connectivity index (χ2n) is 5.37. The summed E-state index contributed by atoms with van der Waals surface area (Å²) in [6, 6.07) is 3.61. The van der Waals surface area contributed by atoms with Crippen molar-refractivity contribution >= 4 is 5.69 Å². The standard InChI is InChI=1S/C15H22FN3/c1-12(2)5-8-19-9-6-13(7-10-19)18-14-3-4-15(16)17-11-14/h3-5,11,13,18H,6-10H2,1-2H3. The van der Waals surface area contributed by atoms with Crippen LogP contribution in [-0.2, 0) is 0 Å². The van der Waals surface area contributed by atoms with E-state index in [0.29, 0.717) is 6.04 Å². The van der Waals surface area contributed by atoms with Gasteiger partial charge in [-0.3, -0.25) is 4.90 Å². The Bertz CT molecular complexity index is 416. The van der Waals surface area contributed by atoms with Gasteiger partial charge in [-0.25, -0.2) is 4.98 Å². The van der Waals surface area contributed by atoms with Gasteiger partial charge in [-0.1, -0.05) is 11.6 Å². The first-order valence-electron chi connectivity index (χ1n) is 6.87. The van der Waals surface area contributed by atoms with Crippen molar-refractivity contribution in [3.8, 4) is 0 Å². The van der Waals surface area contributed by atoms with Crippen molar-refractivity contribution < 1.29 is 4.39 Å². The average molecular weight is 263 g/mol. The predicted molar refractivity (Wildman–Crippen MR) is 76.7 cm³/mol. The molecule has 0 amide bonds. The first-order chi connectivity index (χ1) is 9.13. The molecule has 1 saturated heterocycles. The molecular formula is C15H22FN3. The maximum Gasteiger partial charge on any atom is 0.212 e. The number of allylic oxidation sites excluding steroid dienone is 1. The van der Waals surface area contributed by atoms with E-state index in [2.05, 4.69) is 35.1 Å². The van der Waals surface area contributed by atoms with E-state index in [9.17, 15) is 4.39 Å². The van der Waals surface area contributed by atoms with Gasteiger partial charge in [0, 0.05) is 25.7 Å². The number of piperidine rings is 1. The number of aromatic nitrogens is 1. The van der Waals surface area contributed by atoms with E-state index in [1.807, 2.05) is 0 Å². The van der Waals surface area contributed by atoms with Crippen molar-refractivity contribution in [3.05, 3.63) is 35.9 Å². The van der Waals surface area contributed by atoms with E-state index in [0.717, 1.165) is 38.2 Å². The van der Waals surface area contributed by atoms with Gasteiger partial charge in [-0.05, 0) is 38.8 Å². The summed E-state index contributed by atoms with van der Waals surface area (Å²) in [5.74, 6) is -0.429. The highest BCUT2D eigenvalue weighted by Crippen LogP contribution is 2.16. The van der Waals surface area contributed by atoms with Crippen LogP contribution in [0.5, 0.6) is 0 Å². The van der Waals surface area contributed by atoms with Gasteiger partial charge in [0.25, 0.3) is 0 Å². The molecular weight excluding hydrogens is 241 g/mol. The molecule has 0 saturated carbocycles.